The van der Waals surface area contributed by atoms with E-state index in [1.54, 1.807) is 24.3 Å². The molecule has 3 aromatic carbocycles. The highest BCUT2D eigenvalue weighted by molar-refractivity contribution is 7.92. The Bertz CT molecular complexity index is 1410. The molecule has 1 saturated heterocycles. The number of amides is 1. The van der Waals surface area contributed by atoms with Crippen molar-refractivity contribution in [2.75, 3.05) is 42.8 Å². The average molecular weight is 561 g/mol. The second-order valence-electron chi connectivity index (χ2n) is 9.67. The molecule has 0 radical (unpaired) electrons. The van der Waals surface area contributed by atoms with Crippen LogP contribution in [0.3, 0.4) is 0 Å². The normalized spacial score (nSPS) is 15.1. The van der Waals surface area contributed by atoms with Crippen molar-refractivity contribution in [3.8, 4) is 0 Å². The molecule has 0 aromatic heterocycles. The molecule has 0 bridgehead atoms. The molecule has 2 N–H and O–H groups in total. The summed E-state index contributed by atoms with van der Waals surface area (Å²) in [6, 6.07) is 15.9. The molecular weight excluding hydrogens is 529 g/mol. The topological polar surface area (TPSA) is 81.7 Å². The van der Waals surface area contributed by atoms with Crippen molar-refractivity contribution in [2.45, 2.75) is 31.0 Å². The van der Waals surface area contributed by atoms with E-state index in [2.05, 4.69) is 19.8 Å². The van der Waals surface area contributed by atoms with Gasteiger partial charge in [-0.3, -0.25) is 9.52 Å². The standard InChI is InChI=1S/C28H31F3N4O3S/c1-20-4-11-24(12-5-20)39(37,38)33-25-18-22(8-13-26(25)35-15-3-14-34(2)16-17-35)27(36)32-19-21-6-9-23(10-7-21)28(29,30)31/h4-13,18,33H,3,14-17,19H2,1-2H3,(H,32,36). The van der Waals surface area contributed by atoms with E-state index in [9.17, 15) is 26.4 Å². The van der Waals surface area contributed by atoms with Gasteiger partial charge in [0.25, 0.3) is 15.9 Å². The van der Waals surface area contributed by atoms with Crippen LogP contribution >= 0.6 is 0 Å². The summed E-state index contributed by atoms with van der Waals surface area (Å²) >= 11 is 0. The van der Waals surface area contributed by atoms with Gasteiger partial charge in [0.1, 0.15) is 0 Å². The van der Waals surface area contributed by atoms with E-state index in [0.29, 0.717) is 17.8 Å². The lowest BCUT2D eigenvalue weighted by molar-refractivity contribution is -0.137. The number of hydrogen-bond acceptors (Lipinski definition) is 5. The minimum atomic E-state index is -4.44. The fourth-order valence-corrected chi connectivity index (χ4v) is 5.40. The van der Waals surface area contributed by atoms with Gasteiger partial charge in [-0.15, -0.1) is 0 Å². The van der Waals surface area contributed by atoms with Crippen LogP contribution in [0.2, 0.25) is 0 Å². The number of nitrogens with one attached hydrogen (secondary N) is 2. The van der Waals surface area contributed by atoms with Gasteiger partial charge in [-0.2, -0.15) is 13.2 Å². The molecule has 1 fully saturated rings. The first kappa shape index (κ1) is 28.4. The molecular formula is C28H31F3N4O3S. The molecule has 1 amide bonds. The smallest absolute Gasteiger partial charge is 0.369 e. The lowest BCUT2D eigenvalue weighted by Gasteiger charge is -2.26. The zero-order chi connectivity index (χ0) is 28.2. The Morgan fingerprint density at radius 3 is 2.28 bits per heavy atom. The Hall–Kier alpha value is -3.57. The van der Waals surface area contributed by atoms with Gasteiger partial charge in [0.05, 0.1) is 21.8 Å². The molecule has 3 aromatic rings. The summed E-state index contributed by atoms with van der Waals surface area (Å²) in [6.07, 6.45) is -3.54. The van der Waals surface area contributed by atoms with Crippen molar-refractivity contribution >= 4 is 27.3 Å². The maximum absolute atomic E-state index is 13.2. The number of rotatable bonds is 7. The average Bonchev–Trinajstić information content (AvgIpc) is 3.11. The Kier molecular flexibility index (Phi) is 8.51. The molecule has 1 aliphatic heterocycles. The van der Waals surface area contributed by atoms with E-state index >= 15 is 0 Å². The first-order valence-corrected chi connectivity index (χ1v) is 14.0. The molecule has 0 atom stereocenters. The number of aryl methyl sites for hydroxylation is 1. The number of nitrogens with zero attached hydrogens (tertiary/aromatic N) is 2. The van der Waals surface area contributed by atoms with Gasteiger partial charge in [-0.05, 0) is 75.0 Å². The number of hydrogen-bond donors (Lipinski definition) is 2. The van der Waals surface area contributed by atoms with Gasteiger partial charge in [-0.1, -0.05) is 29.8 Å². The van der Waals surface area contributed by atoms with Crippen molar-refractivity contribution in [3.05, 3.63) is 89.0 Å². The minimum Gasteiger partial charge on any atom is -0.369 e. The number of halogens is 3. The third kappa shape index (κ3) is 7.30. The third-order valence-electron chi connectivity index (χ3n) is 6.63. The lowest BCUT2D eigenvalue weighted by atomic mass is 10.1. The third-order valence-corrected chi connectivity index (χ3v) is 8.01. The zero-order valence-electron chi connectivity index (χ0n) is 21.8. The molecule has 0 aliphatic carbocycles. The van der Waals surface area contributed by atoms with E-state index in [0.717, 1.165) is 43.8 Å². The first-order chi connectivity index (χ1) is 18.4. The predicted molar refractivity (Wildman–Crippen MR) is 145 cm³/mol. The monoisotopic (exact) mass is 560 g/mol. The van der Waals surface area contributed by atoms with Crippen LogP contribution in [-0.2, 0) is 22.7 Å². The summed E-state index contributed by atoms with van der Waals surface area (Å²) in [7, 11) is -1.90. The van der Waals surface area contributed by atoms with Gasteiger partial charge in [0, 0.05) is 31.7 Å². The molecule has 39 heavy (non-hydrogen) atoms. The van der Waals surface area contributed by atoms with E-state index in [1.165, 1.54) is 30.3 Å². The quantitative estimate of drug-likeness (QED) is 0.430. The zero-order valence-corrected chi connectivity index (χ0v) is 22.6. The van der Waals surface area contributed by atoms with Crippen molar-refractivity contribution in [1.82, 2.24) is 10.2 Å². The van der Waals surface area contributed by atoms with Gasteiger partial charge in [0.15, 0.2) is 0 Å². The van der Waals surface area contributed by atoms with E-state index < -0.39 is 27.7 Å². The fourth-order valence-electron chi connectivity index (χ4n) is 4.34. The van der Waals surface area contributed by atoms with Crippen molar-refractivity contribution in [2.24, 2.45) is 0 Å². The van der Waals surface area contributed by atoms with Gasteiger partial charge in [-0.25, -0.2) is 8.42 Å². The van der Waals surface area contributed by atoms with Crippen LogP contribution in [-0.4, -0.2) is 52.5 Å². The highest BCUT2D eigenvalue weighted by Gasteiger charge is 2.30. The Morgan fingerprint density at radius 2 is 1.62 bits per heavy atom. The highest BCUT2D eigenvalue weighted by atomic mass is 32.2. The van der Waals surface area contributed by atoms with Crippen LogP contribution in [0.15, 0.2) is 71.6 Å². The van der Waals surface area contributed by atoms with Crippen LogP contribution in [0.25, 0.3) is 0 Å². The van der Waals surface area contributed by atoms with Crippen LogP contribution < -0.4 is 14.9 Å². The molecule has 4 rings (SSSR count). The molecule has 208 valence electrons. The molecule has 1 heterocycles. The number of anilines is 2. The number of likely N-dealkylation sites (N-methyl/N-ethyl adjacent to an activating group) is 1. The van der Waals surface area contributed by atoms with Gasteiger partial charge >= 0.3 is 6.18 Å². The Morgan fingerprint density at radius 1 is 0.923 bits per heavy atom. The first-order valence-electron chi connectivity index (χ1n) is 12.5. The predicted octanol–water partition coefficient (Wildman–Crippen LogP) is 4.89. The second kappa shape index (κ2) is 11.7. The lowest BCUT2D eigenvalue weighted by Crippen LogP contribution is -2.30. The summed E-state index contributed by atoms with van der Waals surface area (Å²) < 4.78 is 67.6. The molecule has 0 unspecified atom stereocenters. The van der Waals surface area contributed by atoms with Crippen LogP contribution in [0.4, 0.5) is 24.5 Å². The number of sulfonamides is 1. The van der Waals surface area contributed by atoms with Crippen LogP contribution in [0.1, 0.15) is 33.5 Å². The summed E-state index contributed by atoms with van der Waals surface area (Å²) in [4.78, 5) is 17.4. The molecule has 7 nitrogen and oxygen atoms in total. The molecule has 11 heteroatoms. The Balaban J connectivity index is 1.58. The van der Waals surface area contributed by atoms with Crippen LogP contribution in [0.5, 0.6) is 0 Å². The largest absolute Gasteiger partial charge is 0.416 e. The Labute approximate surface area is 226 Å². The maximum Gasteiger partial charge on any atom is 0.416 e. The molecule has 1 aliphatic rings. The fraction of sp³-hybridized carbons (Fsp3) is 0.321. The minimum absolute atomic E-state index is 0.0155. The second-order valence-corrected chi connectivity index (χ2v) is 11.4. The molecule has 0 saturated carbocycles. The van der Waals surface area contributed by atoms with Crippen molar-refractivity contribution in [3.63, 3.8) is 0 Å². The SMILES string of the molecule is Cc1ccc(S(=O)(=O)Nc2cc(C(=O)NCc3ccc(C(F)(F)F)cc3)ccc2N2CCCN(C)CC2)cc1. The van der Waals surface area contributed by atoms with Crippen LogP contribution in [0, 0.1) is 6.92 Å². The number of carbonyl (C=O) groups is 1. The molecule has 0 spiro atoms. The summed E-state index contributed by atoms with van der Waals surface area (Å²) in [5.74, 6) is -0.479. The van der Waals surface area contributed by atoms with E-state index in [-0.39, 0.29) is 22.7 Å². The van der Waals surface area contributed by atoms with Gasteiger partial charge < -0.3 is 15.1 Å². The summed E-state index contributed by atoms with van der Waals surface area (Å²) in [6.45, 7) is 5.02. The van der Waals surface area contributed by atoms with Crippen molar-refractivity contribution < 1.29 is 26.4 Å². The summed E-state index contributed by atoms with van der Waals surface area (Å²) in [5.41, 5.74) is 1.83. The number of alkyl halides is 3. The summed E-state index contributed by atoms with van der Waals surface area (Å²) in [5, 5.41) is 2.70. The maximum atomic E-state index is 13.2. The number of carbonyl (C=O) groups excluding carboxylic acids is 1. The van der Waals surface area contributed by atoms with Crippen molar-refractivity contribution in [1.29, 1.82) is 0 Å². The highest BCUT2D eigenvalue weighted by Crippen LogP contribution is 2.31. The van der Waals surface area contributed by atoms with Gasteiger partial charge in [0.2, 0.25) is 0 Å². The van der Waals surface area contributed by atoms with E-state index in [4.69, 9.17) is 0 Å². The van der Waals surface area contributed by atoms with E-state index in [1.807, 2.05) is 14.0 Å². The number of benzene rings is 3.